The molecule has 2 heterocycles. The highest BCUT2D eigenvalue weighted by atomic mass is 16.5. The summed E-state index contributed by atoms with van der Waals surface area (Å²) in [7, 11) is 2.23. The van der Waals surface area contributed by atoms with E-state index >= 15 is 0 Å². The van der Waals surface area contributed by atoms with Gasteiger partial charge in [0.2, 0.25) is 0 Å². The van der Waals surface area contributed by atoms with Gasteiger partial charge in [0.05, 0.1) is 6.10 Å². The molecule has 0 aliphatic carbocycles. The van der Waals surface area contributed by atoms with Crippen LogP contribution in [0.2, 0.25) is 0 Å². The van der Waals surface area contributed by atoms with E-state index in [1.807, 2.05) is 0 Å². The number of ether oxygens (including phenoxy) is 2. The van der Waals surface area contributed by atoms with E-state index in [1.165, 1.54) is 25.7 Å². The first-order valence-electron chi connectivity index (χ1n) is 7.40. The third-order valence-electron chi connectivity index (χ3n) is 4.27. The molecule has 2 unspecified atom stereocenters. The highest BCUT2D eigenvalue weighted by Crippen LogP contribution is 2.15. The fraction of sp³-hybridized carbons (Fsp3) is 1.00. The molecule has 4 heteroatoms. The first-order chi connectivity index (χ1) is 8.77. The van der Waals surface area contributed by atoms with Gasteiger partial charge in [0.25, 0.3) is 0 Å². The summed E-state index contributed by atoms with van der Waals surface area (Å²) in [5.74, 6) is 0. The van der Waals surface area contributed by atoms with Crippen LogP contribution in [-0.4, -0.2) is 63.0 Å². The van der Waals surface area contributed by atoms with Crippen molar-refractivity contribution in [3.8, 4) is 0 Å². The first-order valence-corrected chi connectivity index (χ1v) is 7.40. The summed E-state index contributed by atoms with van der Waals surface area (Å²) in [6.45, 7) is 7.20. The maximum absolute atomic E-state index is 5.70. The topological polar surface area (TPSA) is 33.7 Å². The van der Waals surface area contributed by atoms with Gasteiger partial charge >= 0.3 is 0 Å². The van der Waals surface area contributed by atoms with Gasteiger partial charge in [0, 0.05) is 45.0 Å². The number of nitrogens with zero attached hydrogens (tertiary/aromatic N) is 1. The molecule has 1 N–H and O–H groups in total. The standard InChI is InChI=1S/C14H28N2O2/c1-12(14-4-3-9-18-14)15-7-8-16(2)13-5-10-17-11-6-13/h12-15H,3-11H2,1-2H3. The van der Waals surface area contributed by atoms with Crippen LogP contribution in [0.3, 0.4) is 0 Å². The molecule has 2 atom stereocenters. The molecule has 0 radical (unpaired) electrons. The van der Waals surface area contributed by atoms with Crippen molar-refractivity contribution < 1.29 is 9.47 Å². The average Bonchev–Trinajstić information content (AvgIpc) is 2.93. The predicted octanol–water partition coefficient (Wildman–Crippen LogP) is 1.25. The summed E-state index contributed by atoms with van der Waals surface area (Å²) in [6.07, 6.45) is 5.22. The van der Waals surface area contributed by atoms with E-state index in [-0.39, 0.29) is 0 Å². The van der Waals surface area contributed by atoms with Crippen LogP contribution in [0.1, 0.15) is 32.6 Å². The number of nitrogens with one attached hydrogen (secondary N) is 1. The van der Waals surface area contributed by atoms with Crippen LogP contribution in [0.15, 0.2) is 0 Å². The van der Waals surface area contributed by atoms with Gasteiger partial charge in [-0.05, 0) is 39.7 Å². The van der Waals surface area contributed by atoms with E-state index < -0.39 is 0 Å². The maximum Gasteiger partial charge on any atom is 0.0726 e. The molecule has 4 nitrogen and oxygen atoms in total. The molecule has 0 spiro atoms. The fourth-order valence-electron chi connectivity index (χ4n) is 2.91. The third-order valence-corrected chi connectivity index (χ3v) is 4.27. The van der Waals surface area contributed by atoms with E-state index in [9.17, 15) is 0 Å². The molecule has 2 aliphatic rings. The summed E-state index contributed by atoms with van der Waals surface area (Å²) < 4.78 is 11.1. The smallest absolute Gasteiger partial charge is 0.0726 e. The SMILES string of the molecule is CC(NCCN(C)C1CCOCC1)C1CCCO1. The number of likely N-dealkylation sites (N-methyl/N-ethyl adjacent to an activating group) is 1. The summed E-state index contributed by atoms with van der Waals surface area (Å²) in [5, 5.41) is 3.60. The Labute approximate surface area is 111 Å². The normalized spacial score (nSPS) is 27.8. The molecule has 2 rings (SSSR count). The largest absolute Gasteiger partial charge is 0.381 e. The van der Waals surface area contributed by atoms with Crippen LogP contribution in [0.25, 0.3) is 0 Å². The second-order valence-corrected chi connectivity index (χ2v) is 5.62. The van der Waals surface area contributed by atoms with Gasteiger partial charge in [-0.1, -0.05) is 0 Å². The van der Waals surface area contributed by atoms with Gasteiger partial charge in [-0.3, -0.25) is 0 Å². The van der Waals surface area contributed by atoms with Gasteiger partial charge < -0.3 is 19.7 Å². The summed E-state index contributed by atoms with van der Waals surface area (Å²) in [6, 6.07) is 1.19. The Balaban J connectivity index is 1.58. The lowest BCUT2D eigenvalue weighted by molar-refractivity contribution is 0.0419. The Morgan fingerprint density at radius 2 is 2.00 bits per heavy atom. The van der Waals surface area contributed by atoms with Gasteiger partial charge in [-0.15, -0.1) is 0 Å². The number of rotatable bonds is 6. The zero-order chi connectivity index (χ0) is 12.8. The Hall–Kier alpha value is -0.160. The van der Waals surface area contributed by atoms with Crippen molar-refractivity contribution >= 4 is 0 Å². The van der Waals surface area contributed by atoms with Crippen molar-refractivity contribution in [2.75, 3.05) is 40.0 Å². The molecule has 106 valence electrons. The van der Waals surface area contributed by atoms with Crippen LogP contribution >= 0.6 is 0 Å². The molecule has 0 bridgehead atoms. The predicted molar refractivity (Wildman–Crippen MR) is 72.9 cm³/mol. The lowest BCUT2D eigenvalue weighted by Crippen LogP contribution is -2.44. The lowest BCUT2D eigenvalue weighted by Gasteiger charge is -2.31. The molecular formula is C14H28N2O2. The minimum absolute atomic E-state index is 0.429. The number of hydrogen-bond donors (Lipinski definition) is 1. The van der Waals surface area contributed by atoms with E-state index in [2.05, 4.69) is 24.2 Å². The first kappa shape index (κ1) is 14.3. The maximum atomic E-state index is 5.70. The number of hydrogen-bond acceptors (Lipinski definition) is 4. The van der Waals surface area contributed by atoms with E-state index in [0.717, 1.165) is 32.9 Å². The molecule has 0 aromatic rings. The monoisotopic (exact) mass is 256 g/mol. The molecule has 2 aliphatic heterocycles. The Bertz CT molecular complexity index is 226. The van der Waals surface area contributed by atoms with Crippen molar-refractivity contribution in [2.24, 2.45) is 0 Å². The summed E-state index contributed by atoms with van der Waals surface area (Å²) >= 11 is 0. The lowest BCUT2D eigenvalue weighted by atomic mass is 10.1. The van der Waals surface area contributed by atoms with Crippen LogP contribution in [0, 0.1) is 0 Å². The van der Waals surface area contributed by atoms with Crippen LogP contribution in [-0.2, 0) is 9.47 Å². The van der Waals surface area contributed by atoms with Crippen molar-refractivity contribution in [2.45, 2.75) is 50.8 Å². The van der Waals surface area contributed by atoms with Gasteiger partial charge in [0.1, 0.15) is 0 Å². The van der Waals surface area contributed by atoms with E-state index in [1.54, 1.807) is 0 Å². The van der Waals surface area contributed by atoms with Gasteiger partial charge in [-0.2, -0.15) is 0 Å². The summed E-state index contributed by atoms with van der Waals surface area (Å²) in [4.78, 5) is 2.47. The minimum Gasteiger partial charge on any atom is -0.381 e. The molecule has 0 amide bonds. The second kappa shape index (κ2) is 7.43. The van der Waals surface area contributed by atoms with Crippen molar-refractivity contribution in [1.82, 2.24) is 10.2 Å². The quantitative estimate of drug-likeness (QED) is 0.775. The zero-order valence-electron chi connectivity index (χ0n) is 11.9. The highest BCUT2D eigenvalue weighted by Gasteiger charge is 2.22. The van der Waals surface area contributed by atoms with Crippen molar-refractivity contribution in [3.05, 3.63) is 0 Å². The zero-order valence-corrected chi connectivity index (χ0v) is 11.9. The fourth-order valence-corrected chi connectivity index (χ4v) is 2.91. The van der Waals surface area contributed by atoms with E-state index in [0.29, 0.717) is 18.2 Å². The summed E-state index contributed by atoms with van der Waals surface area (Å²) in [5.41, 5.74) is 0. The Kier molecular flexibility index (Phi) is 5.89. The third kappa shape index (κ3) is 4.19. The molecular weight excluding hydrogens is 228 g/mol. The van der Waals surface area contributed by atoms with Crippen LogP contribution in [0.4, 0.5) is 0 Å². The molecule has 2 saturated heterocycles. The second-order valence-electron chi connectivity index (χ2n) is 5.62. The van der Waals surface area contributed by atoms with Crippen molar-refractivity contribution in [3.63, 3.8) is 0 Å². The van der Waals surface area contributed by atoms with Crippen molar-refractivity contribution in [1.29, 1.82) is 0 Å². The molecule has 0 saturated carbocycles. The molecule has 2 fully saturated rings. The van der Waals surface area contributed by atoms with E-state index in [4.69, 9.17) is 9.47 Å². The highest BCUT2D eigenvalue weighted by molar-refractivity contribution is 4.78. The van der Waals surface area contributed by atoms with Crippen LogP contribution < -0.4 is 5.32 Å². The minimum atomic E-state index is 0.429. The molecule has 0 aromatic carbocycles. The molecule has 18 heavy (non-hydrogen) atoms. The van der Waals surface area contributed by atoms with Gasteiger partial charge in [0.15, 0.2) is 0 Å². The average molecular weight is 256 g/mol. The molecule has 0 aromatic heterocycles. The van der Waals surface area contributed by atoms with Gasteiger partial charge in [-0.25, -0.2) is 0 Å². The Morgan fingerprint density at radius 1 is 1.22 bits per heavy atom. The van der Waals surface area contributed by atoms with Crippen LogP contribution in [0.5, 0.6) is 0 Å². The Morgan fingerprint density at radius 3 is 2.67 bits per heavy atom.